The second kappa shape index (κ2) is 7.05. The van der Waals surface area contributed by atoms with Crippen molar-refractivity contribution in [1.29, 1.82) is 0 Å². The number of rotatable bonds is 8. The Labute approximate surface area is 168 Å². The predicted octanol–water partition coefficient (Wildman–Crippen LogP) is 4.10. The highest BCUT2D eigenvalue weighted by Gasteiger charge is 2.68. The van der Waals surface area contributed by atoms with Gasteiger partial charge < -0.3 is 14.6 Å². The number of carbonyl (C=O) groups excluding carboxylic acids is 2. The van der Waals surface area contributed by atoms with Crippen molar-refractivity contribution in [2.24, 2.45) is 5.41 Å². The van der Waals surface area contributed by atoms with Crippen LogP contribution in [0.15, 0.2) is 28.8 Å². The zero-order valence-electron chi connectivity index (χ0n) is 15.0. The summed E-state index contributed by atoms with van der Waals surface area (Å²) in [6.45, 7) is -0.275. The lowest BCUT2D eigenvalue weighted by Gasteiger charge is -2.70. The van der Waals surface area contributed by atoms with Crippen LogP contribution >= 0.6 is 11.6 Å². The minimum Gasteiger partial charge on any atom is -0.484 e. The maximum Gasteiger partial charge on any atom is 0.283 e. The lowest BCUT2D eigenvalue weighted by atomic mass is 9.38. The van der Waals surface area contributed by atoms with Gasteiger partial charge in [0.25, 0.3) is 12.3 Å². The summed E-state index contributed by atoms with van der Waals surface area (Å²) in [5.41, 5.74) is -1.18. The molecule has 1 amide bonds. The van der Waals surface area contributed by atoms with E-state index < -0.39 is 17.9 Å². The van der Waals surface area contributed by atoms with Crippen LogP contribution < -0.4 is 10.1 Å². The maximum absolute atomic E-state index is 13.4. The van der Waals surface area contributed by atoms with E-state index in [1.807, 2.05) is 0 Å². The molecule has 1 heterocycles. The summed E-state index contributed by atoms with van der Waals surface area (Å²) in [7, 11) is 0. The fourth-order valence-corrected chi connectivity index (χ4v) is 4.43. The molecule has 6 nitrogen and oxygen atoms in total. The number of hydrogen-bond donors (Lipinski definition) is 1. The number of Topliss-reactive ketones (excluding diaryl/α,β-unsaturated/α-hetero) is 1. The molecule has 10 heteroatoms. The molecule has 3 aliphatic carbocycles. The number of carbonyl (C=O) groups is 2. The number of alkyl halides is 2. The Kier molecular flexibility index (Phi) is 4.80. The number of nitrogens with zero attached hydrogens (tertiary/aromatic N) is 1. The zero-order valence-corrected chi connectivity index (χ0v) is 15.8. The Hall–Kier alpha value is -2.55. The topological polar surface area (TPSA) is 81.4 Å². The van der Waals surface area contributed by atoms with Crippen LogP contribution in [0.2, 0.25) is 5.02 Å². The van der Waals surface area contributed by atoms with Crippen LogP contribution in [-0.2, 0) is 4.79 Å². The molecule has 3 saturated carbocycles. The smallest absolute Gasteiger partial charge is 0.283 e. The van der Waals surface area contributed by atoms with Crippen LogP contribution in [0.5, 0.6) is 5.75 Å². The van der Waals surface area contributed by atoms with E-state index in [-0.39, 0.29) is 52.2 Å². The molecule has 2 aromatic rings. The second-order valence-electron chi connectivity index (χ2n) is 7.74. The van der Waals surface area contributed by atoms with E-state index in [0.717, 1.165) is 12.1 Å². The molecule has 0 atom stereocenters. The minimum atomic E-state index is -2.79. The third kappa shape index (κ3) is 3.83. The highest BCUT2D eigenvalue weighted by Crippen LogP contribution is 2.69. The van der Waals surface area contributed by atoms with Crippen molar-refractivity contribution >= 4 is 23.3 Å². The summed E-state index contributed by atoms with van der Waals surface area (Å²) in [4.78, 5) is 24.3. The molecule has 1 N–H and O–H groups in total. The highest BCUT2D eigenvalue weighted by molar-refractivity contribution is 6.30. The molecule has 2 bridgehead atoms. The number of halogens is 4. The summed E-state index contributed by atoms with van der Waals surface area (Å²) < 4.78 is 48.4. The van der Waals surface area contributed by atoms with Crippen LogP contribution in [0.4, 0.5) is 13.2 Å². The Morgan fingerprint density at radius 2 is 2.00 bits per heavy atom. The van der Waals surface area contributed by atoms with E-state index in [1.165, 1.54) is 12.1 Å². The van der Waals surface area contributed by atoms with Crippen LogP contribution in [0, 0.1) is 11.2 Å². The number of aromatic nitrogens is 1. The third-order valence-electron chi connectivity index (χ3n) is 5.37. The van der Waals surface area contributed by atoms with Crippen molar-refractivity contribution in [2.45, 2.75) is 37.6 Å². The Balaban J connectivity index is 1.23. The van der Waals surface area contributed by atoms with Gasteiger partial charge in [-0.05, 0) is 36.8 Å². The molecule has 154 valence electrons. The van der Waals surface area contributed by atoms with Crippen molar-refractivity contribution in [3.05, 3.63) is 46.6 Å². The molecule has 5 rings (SSSR count). The number of nitrogens with one attached hydrogen (secondary N) is 1. The van der Waals surface area contributed by atoms with Gasteiger partial charge in [-0.2, -0.15) is 0 Å². The molecule has 1 aromatic carbocycles. The predicted molar refractivity (Wildman–Crippen MR) is 94.5 cm³/mol. The number of benzene rings is 1. The monoisotopic (exact) mass is 428 g/mol. The normalized spacial score (nSPS) is 24.6. The molecular formula is C19H16ClF3N2O4. The molecule has 1 aromatic heterocycles. The molecule has 0 saturated heterocycles. The van der Waals surface area contributed by atoms with Crippen molar-refractivity contribution in [3.8, 4) is 5.75 Å². The van der Waals surface area contributed by atoms with Gasteiger partial charge in [0.15, 0.2) is 12.3 Å². The molecule has 0 spiro atoms. The summed E-state index contributed by atoms with van der Waals surface area (Å²) in [5.74, 6) is -1.35. The number of ether oxygens (including phenoxy) is 1. The number of amides is 1. The molecule has 29 heavy (non-hydrogen) atoms. The van der Waals surface area contributed by atoms with Crippen LogP contribution in [0.25, 0.3) is 0 Å². The Bertz CT molecular complexity index is 958. The van der Waals surface area contributed by atoms with Crippen LogP contribution in [-0.4, -0.2) is 29.0 Å². The van der Waals surface area contributed by atoms with Gasteiger partial charge in [-0.3, -0.25) is 9.59 Å². The first-order chi connectivity index (χ1) is 13.7. The zero-order chi connectivity index (χ0) is 20.8. The third-order valence-corrected chi connectivity index (χ3v) is 5.67. The standard InChI is InChI=1S/C19H16ClF3N2O4/c20-11-2-1-10(3-12(11)21)28-6-16(27)24-19-7-18(8-19,9-19)5-14(26)15-4-13(17(22)23)25-29-15/h1-4,17H,5-9H2,(H,24,27). The lowest BCUT2D eigenvalue weighted by molar-refractivity contribution is -0.164. The second-order valence-corrected chi connectivity index (χ2v) is 8.15. The van der Waals surface area contributed by atoms with E-state index in [4.69, 9.17) is 20.9 Å². The van der Waals surface area contributed by atoms with Gasteiger partial charge >= 0.3 is 0 Å². The Morgan fingerprint density at radius 1 is 1.28 bits per heavy atom. The van der Waals surface area contributed by atoms with Crippen molar-refractivity contribution < 1.29 is 32.0 Å². The van der Waals surface area contributed by atoms with E-state index in [2.05, 4.69) is 10.5 Å². The lowest BCUT2D eigenvalue weighted by Crippen LogP contribution is -2.75. The van der Waals surface area contributed by atoms with Gasteiger partial charge in [0.1, 0.15) is 11.6 Å². The molecule has 0 aliphatic heterocycles. The first-order valence-corrected chi connectivity index (χ1v) is 9.24. The first-order valence-electron chi connectivity index (χ1n) is 8.86. The van der Waals surface area contributed by atoms with Crippen molar-refractivity contribution in [1.82, 2.24) is 10.5 Å². The molecule has 0 radical (unpaired) electrons. The van der Waals surface area contributed by atoms with E-state index in [1.54, 1.807) is 0 Å². The first kappa shape index (κ1) is 19.8. The van der Waals surface area contributed by atoms with Gasteiger partial charge in [0, 0.05) is 24.1 Å². The average molecular weight is 429 g/mol. The van der Waals surface area contributed by atoms with E-state index in [0.29, 0.717) is 19.3 Å². The number of ketones is 1. The highest BCUT2D eigenvalue weighted by atomic mass is 35.5. The van der Waals surface area contributed by atoms with E-state index >= 15 is 0 Å². The fourth-order valence-electron chi connectivity index (χ4n) is 4.32. The van der Waals surface area contributed by atoms with Crippen LogP contribution in [0.3, 0.4) is 0 Å². The Morgan fingerprint density at radius 3 is 2.62 bits per heavy atom. The maximum atomic E-state index is 13.4. The summed E-state index contributed by atoms with van der Waals surface area (Å²) in [6.07, 6.45) is -0.794. The summed E-state index contributed by atoms with van der Waals surface area (Å²) >= 11 is 5.59. The quantitative estimate of drug-likeness (QED) is 0.640. The van der Waals surface area contributed by atoms with Crippen molar-refractivity contribution in [3.63, 3.8) is 0 Å². The largest absolute Gasteiger partial charge is 0.484 e. The summed E-state index contributed by atoms with van der Waals surface area (Å²) in [5, 5.41) is 6.03. The molecule has 0 unspecified atom stereocenters. The van der Waals surface area contributed by atoms with Gasteiger partial charge in [-0.1, -0.05) is 16.8 Å². The van der Waals surface area contributed by atoms with Gasteiger partial charge in [0.05, 0.1) is 5.02 Å². The molecule has 3 aliphatic rings. The minimum absolute atomic E-state index is 0.0359. The average Bonchev–Trinajstić information content (AvgIpc) is 3.10. The SMILES string of the molecule is O=C(COc1ccc(Cl)c(F)c1)NC12CC(CC(=O)c3cc(C(F)F)no3)(C1)C2. The molecule has 3 fully saturated rings. The van der Waals surface area contributed by atoms with Gasteiger partial charge in [0.2, 0.25) is 11.5 Å². The van der Waals surface area contributed by atoms with Crippen LogP contribution in [0.1, 0.15) is 48.4 Å². The summed E-state index contributed by atoms with van der Waals surface area (Å²) in [6, 6.07) is 4.86. The number of hydrogen-bond acceptors (Lipinski definition) is 5. The molecular weight excluding hydrogens is 413 g/mol. The fraction of sp³-hybridized carbons (Fsp3) is 0.421. The van der Waals surface area contributed by atoms with Gasteiger partial charge in [-0.25, -0.2) is 13.2 Å². The van der Waals surface area contributed by atoms with E-state index in [9.17, 15) is 22.8 Å². The van der Waals surface area contributed by atoms with Crippen molar-refractivity contribution in [2.75, 3.05) is 6.61 Å². The van der Waals surface area contributed by atoms with Gasteiger partial charge in [-0.15, -0.1) is 0 Å².